The Balaban J connectivity index is 2.05. The van der Waals surface area contributed by atoms with Crippen molar-refractivity contribution in [2.75, 3.05) is 26.4 Å². The van der Waals surface area contributed by atoms with Crippen molar-refractivity contribution in [1.29, 1.82) is 0 Å². The zero-order valence-electron chi connectivity index (χ0n) is 7.91. The van der Waals surface area contributed by atoms with Gasteiger partial charge in [-0.15, -0.1) is 0 Å². The van der Waals surface area contributed by atoms with Crippen molar-refractivity contribution in [2.24, 2.45) is 0 Å². The van der Waals surface area contributed by atoms with Gasteiger partial charge in [0.15, 0.2) is 0 Å². The van der Waals surface area contributed by atoms with E-state index in [0.717, 1.165) is 13.0 Å². The molecule has 1 fully saturated rings. The molecular formula is C9H18O3. The molecule has 0 amide bonds. The molecule has 0 spiro atoms. The lowest BCUT2D eigenvalue weighted by molar-refractivity contribution is -0.123. The van der Waals surface area contributed by atoms with Crippen molar-refractivity contribution in [1.82, 2.24) is 0 Å². The molecule has 1 rings (SSSR count). The molecule has 0 radical (unpaired) electrons. The average molecular weight is 174 g/mol. The summed E-state index contributed by atoms with van der Waals surface area (Å²) in [5.74, 6) is 0. The van der Waals surface area contributed by atoms with Crippen LogP contribution in [0.4, 0.5) is 0 Å². The summed E-state index contributed by atoms with van der Waals surface area (Å²) in [7, 11) is 0. The molecule has 1 heterocycles. The topological polar surface area (TPSA) is 27.7 Å². The van der Waals surface area contributed by atoms with Gasteiger partial charge in [-0.1, -0.05) is 6.92 Å². The molecule has 1 saturated heterocycles. The number of ether oxygens (including phenoxy) is 3. The van der Waals surface area contributed by atoms with Gasteiger partial charge in [-0.3, -0.25) is 0 Å². The van der Waals surface area contributed by atoms with Crippen molar-refractivity contribution < 1.29 is 14.2 Å². The lowest BCUT2D eigenvalue weighted by Gasteiger charge is -2.24. The molecular weight excluding hydrogens is 156 g/mol. The van der Waals surface area contributed by atoms with Gasteiger partial charge in [-0.25, -0.2) is 0 Å². The van der Waals surface area contributed by atoms with Crippen molar-refractivity contribution >= 4 is 0 Å². The molecule has 0 aromatic carbocycles. The van der Waals surface area contributed by atoms with Gasteiger partial charge < -0.3 is 14.2 Å². The van der Waals surface area contributed by atoms with Gasteiger partial charge in [0.2, 0.25) is 0 Å². The maximum atomic E-state index is 5.53. The Labute approximate surface area is 74.0 Å². The van der Waals surface area contributed by atoms with E-state index in [0.29, 0.717) is 25.9 Å². The van der Waals surface area contributed by atoms with E-state index in [4.69, 9.17) is 14.2 Å². The SMILES string of the molecule is CCC(C)OC[C@H]1COCCO1. The van der Waals surface area contributed by atoms with Crippen molar-refractivity contribution in [3.05, 3.63) is 0 Å². The van der Waals surface area contributed by atoms with Crippen LogP contribution in [0.25, 0.3) is 0 Å². The van der Waals surface area contributed by atoms with E-state index in [9.17, 15) is 0 Å². The van der Waals surface area contributed by atoms with Crippen molar-refractivity contribution in [3.8, 4) is 0 Å². The van der Waals surface area contributed by atoms with E-state index in [1.807, 2.05) is 0 Å². The van der Waals surface area contributed by atoms with Gasteiger partial charge in [-0.05, 0) is 13.3 Å². The first-order valence-electron chi connectivity index (χ1n) is 4.64. The third kappa shape index (κ3) is 3.52. The molecule has 72 valence electrons. The maximum Gasteiger partial charge on any atom is 0.104 e. The van der Waals surface area contributed by atoms with Gasteiger partial charge in [0, 0.05) is 0 Å². The predicted octanol–water partition coefficient (Wildman–Crippen LogP) is 1.22. The first kappa shape index (κ1) is 9.96. The summed E-state index contributed by atoms with van der Waals surface area (Å²) in [5, 5.41) is 0. The minimum atomic E-state index is 0.146. The zero-order valence-corrected chi connectivity index (χ0v) is 7.91. The van der Waals surface area contributed by atoms with Crippen molar-refractivity contribution in [3.63, 3.8) is 0 Å². The number of hydrogen-bond acceptors (Lipinski definition) is 3. The lowest BCUT2D eigenvalue weighted by Crippen LogP contribution is -2.33. The highest BCUT2D eigenvalue weighted by molar-refractivity contribution is 4.60. The van der Waals surface area contributed by atoms with Crippen LogP contribution in [0, 0.1) is 0 Å². The summed E-state index contributed by atoms with van der Waals surface area (Å²) >= 11 is 0. The molecule has 3 heteroatoms. The summed E-state index contributed by atoms with van der Waals surface area (Å²) in [4.78, 5) is 0. The van der Waals surface area contributed by atoms with Crippen LogP contribution in [0.1, 0.15) is 20.3 Å². The maximum absolute atomic E-state index is 5.53. The monoisotopic (exact) mass is 174 g/mol. The summed E-state index contributed by atoms with van der Waals surface area (Å²) in [6.45, 7) is 6.95. The van der Waals surface area contributed by atoms with Gasteiger partial charge in [-0.2, -0.15) is 0 Å². The largest absolute Gasteiger partial charge is 0.376 e. The smallest absolute Gasteiger partial charge is 0.104 e. The van der Waals surface area contributed by atoms with Gasteiger partial charge in [0.25, 0.3) is 0 Å². The first-order chi connectivity index (χ1) is 5.83. The van der Waals surface area contributed by atoms with Gasteiger partial charge in [0.05, 0.1) is 32.5 Å². The Morgan fingerprint density at radius 1 is 1.50 bits per heavy atom. The molecule has 0 N–H and O–H groups in total. The molecule has 12 heavy (non-hydrogen) atoms. The molecule has 0 aliphatic carbocycles. The molecule has 1 unspecified atom stereocenters. The summed E-state index contributed by atoms with van der Waals surface area (Å²) in [6.07, 6.45) is 1.52. The highest BCUT2D eigenvalue weighted by atomic mass is 16.6. The van der Waals surface area contributed by atoms with E-state index in [2.05, 4.69) is 13.8 Å². The van der Waals surface area contributed by atoms with E-state index >= 15 is 0 Å². The summed E-state index contributed by atoms with van der Waals surface area (Å²) < 4.78 is 16.2. The van der Waals surface area contributed by atoms with Crippen LogP contribution in [-0.2, 0) is 14.2 Å². The normalized spacial score (nSPS) is 27.0. The molecule has 1 aliphatic rings. The van der Waals surface area contributed by atoms with Crippen LogP contribution in [0.5, 0.6) is 0 Å². The van der Waals surface area contributed by atoms with Crippen LogP contribution in [0.2, 0.25) is 0 Å². The Morgan fingerprint density at radius 3 is 2.92 bits per heavy atom. The zero-order chi connectivity index (χ0) is 8.81. The Bertz CT molecular complexity index is 110. The molecule has 0 aromatic heterocycles. The van der Waals surface area contributed by atoms with Crippen LogP contribution in [-0.4, -0.2) is 38.6 Å². The minimum absolute atomic E-state index is 0.146. The fourth-order valence-electron chi connectivity index (χ4n) is 1.02. The fraction of sp³-hybridized carbons (Fsp3) is 1.00. The summed E-state index contributed by atoms with van der Waals surface area (Å²) in [5.41, 5.74) is 0. The lowest BCUT2D eigenvalue weighted by atomic mass is 10.3. The summed E-state index contributed by atoms with van der Waals surface area (Å²) in [6, 6.07) is 0. The van der Waals surface area contributed by atoms with Crippen LogP contribution in [0.3, 0.4) is 0 Å². The molecule has 2 atom stereocenters. The van der Waals surface area contributed by atoms with Crippen LogP contribution < -0.4 is 0 Å². The van der Waals surface area contributed by atoms with Crippen molar-refractivity contribution in [2.45, 2.75) is 32.5 Å². The van der Waals surface area contributed by atoms with Gasteiger partial charge in [0.1, 0.15) is 6.10 Å². The Hall–Kier alpha value is -0.120. The highest BCUT2D eigenvalue weighted by Crippen LogP contribution is 2.04. The average Bonchev–Trinajstić information content (AvgIpc) is 2.16. The molecule has 0 bridgehead atoms. The second kappa shape index (κ2) is 5.51. The van der Waals surface area contributed by atoms with Crippen LogP contribution in [0.15, 0.2) is 0 Å². The standard InChI is InChI=1S/C9H18O3/c1-3-8(2)12-7-9-6-10-4-5-11-9/h8-9H,3-7H2,1-2H3/t8?,9-/m1/s1. The molecule has 3 nitrogen and oxygen atoms in total. The van der Waals surface area contributed by atoms with E-state index in [1.54, 1.807) is 0 Å². The number of rotatable bonds is 4. The molecule has 1 aliphatic heterocycles. The van der Waals surface area contributed by atoms with E-state index in [-0.39, 0.29) is 6.10 Å². The molecule has 0 saturated carbocycles. The van der Waals surface area contributed by atoms with E-state index in [1.165, 1.54) is 0 Å². The fourth-order valence-corrected chi connectivity index (χ4v) is 1.02. The minimum Gasteiger partial charge on any atom is -0.376 e. The first-order valence-corrected chi connectivity index (χ1v) is 4.64. The highest BCUT2D eigenvalue weighted by Gasteiger charge is 2.14. The van der Waals surface area contributed by atoms with Crippen LogP contribution >= 0.6 is 0 Å². The number of hydrogen-bond donors (Lipinski definition) is 0. The second-order valence-electron chi connectivity index (χ2n) is 3.12. The Kier molecular flexibility index (Phi) is 4.58. The second-order valence-corrected chi connectivity index (χ2v) is 3.12. The molecule has 0 aromatic rings. The predicted molar refractivity (Wildman–Crippen MR) is 46.3 cm³/mol. The van der Waals surface area contributed by atoms with Gasteiger partial charge >= 0.3 is 0 Å². The Morgan fingerprint density at radius 2 is 2.33 bits per heavy atom. The third-order valence-corrected chi connectivity index (χ3v) is 2.03. The van der Waals surface area contributed by atoms with E-state index < -0.39 is 0 Å². The quantitative estimate of drug-likeness (QED) is 0.641. The third-order valence-electron chi connectivity index (χ3n) is 2.03.